The quantitative estimate of drug-likeness (QED) is 0.583. The van der Waals surface area contributed by atoms with E-state index in [2.05, 4.69) is 31.4 Å². The van der Waals surface area contributed by atoms with Crippen LogP contribution in [0.25, 0.3) is 0 Å². The zero-order chi connectivity index (χ0) is 9.97. The van der Waals surface area contributed by atoms with Crippen molar-refractivity contribution in [3.63, 3.8) is 0 Å². The summed E-state index contributed by atoms with van der Waals surface area (Å²) in [5.74, 6) is 1.69. The second-order valence-corrected chi connectivity index (χ2v) is 4.02. The summed E-state index contributed by atoms with van der Waals surface area (Å²) < 4.78 is 0. The first-order valence-electron chi connectivity index (χ1n) is 5.16. The van der Waals surface area contributed by atoms with Gasteiger partial charge in [0.2, 0.25) is 0 Å². The van der Waals surface area contributed by atoms with Crippen LogP contribution in [0.4, 0.5) is 0 Å². The molecule has 0 heteroatoms. The molecule has 0 spiro atoms. The molecule has 14 heavy (non-hydrogen) atoms. The summed E-state index contributed by atoms with van der Waals surface area (Å²) in [5.41, 5.74) is 2.67. The minimum absolute atomic E-state index is 0.838. The van der Waals surface area contributed by atoms with Crippen molar-refractivity contribution in [2.75, 3.05) is 0 Å². The molecule has 2 aliphatic rings. The van der Waals surface area contributed by atoms with Gasteiger partial charge in [0.1, 0.15) is 0 Å². The first-order chi connectivity index (χ1) is 6.83. The molecule has 0 aromatic rings. The minimum Gasteiger partial charge on any atom is -0.0991 e. The predicted molar refractivity (Wildman–Crippen MR) is 61.9 cm³/mol. The Balaban J connectivity index is 2.03. The zero-order valence-corrected chi connectivity index (χ0v) is 8.45. The molecule has 0 N–H and O–H groups in total. The molecule has 0 heterocycles. The smallest absolute Gasteiger partial charge is 0.00292 e. The number of hydrogen-bond acceptors (Lipinski definition) is 0. The van der Waals surface area contributed by atoms with Crippen LogP contribution in [0.3, 0.4) is 0 Å². The molecule has 2 rings (SSSR count). The minimum atomic E-state index is 0.838. The summed E-state index contributed by atoms with van der Waals surface area (Å²) in [6.07, 6.45) is 15.1. The van der Waals surface area contributed by atoms with Crippen LogP contribution >= 0.6 is 0 Å². The Labute approximate surface area is 86.0 Å². The number of fused-ring (bicyclic) bond motifs is 1. The van der Waals surface area contributed by atoms with Gasteiger partial charge in [-0.3, -0.25) is 0 Å². The molecule has 0 nitrogen and oxygen atoms in total. The van der Waals surface area contributed by atoms with E-state index in [-0.39, 0.29) is 0 Å². The van der Waals surface area contributed by atoms with Crippen LogP contribution in [0.1, 0.15) is 12.8 Å². The SMILES string of the molecule is C=C/C=C(\C=C)CC1=CC2CC2C=C1. The largest absolute Gasteiger partial charge is 0.0991 e. The van der Waals surface area contributed by atoms with Crippen molar-refractivity contribution in [2.24, 2.45) is 11.8 Å². The van der Waals surface area contributed by atoms with Crippen molar-refractivity contribution >= 4 is 0 Å². The monoisotopic (exact) mass is 184 g/mol. The van der Waals surface area contributed by atoms with Gasteiger partial charge in [-0.25, -0.2) is 0 Å². The molecule has 0 aliphatic heterocycles. The second-order valence-electron chi connectivity index (χ2n) is 4.02. The molecular formula is C14H16. The maximum absolute atomic E-state index is 3.81. The van der Waals surface area contributed by atoms with Gasteiger partial charge in [-0.2, -0.15) is 0 Å². The zero-order valence-electron chi connectivity index (χ0n) is 8.45. The Morgan fingerprint density at radius 2 is 2.29 bits per heavy atom. The Morgan fingerprint density at radius 3 is 2.93 bits per heavy atom. The van der Waals surface area contributed by atoms with Gasteiger partial charge in [-0.15, -0.1) is 0 Å². The van der Waals surface area contributed by atoms with Crippen LogP contribution in [0.15, 0.2) is 60.8 Å². The van der Waals surface area contributed by atoms with Gasteiger partial charge >= 0.3 is 0 Å². The molecule has 1 saturated carbocycles. The summed E-state index contributed by atoms with van der Waals surface area (Å²) >= 11 is 0. The van der Waals surface area contributed by atoms with Crippen LogP contribution in [0.5, 0.6) is 0 Å². The molecule has 1 fully saturated rings. The highest BCUT2D eigenvalue weighted by Gasteiger charge is 2.34. The summed E-state index contributed by atoms with van der Waals surface area (Å²) in [6, 6.07) is 0. The lowest BCUT2D eigenvalue weighted by Gasteiger charge is -2.06. The molecule has 0 amide bonds. The van der Waals surface area contributed by atoms with Crippen LogP contribution in [-0.4, -0.2) is 0 Å². The van der Waals surface area contributed by atoms with Crippen molar-refractivity contribution in [1.82, 2.24) is 0 Å². The van der Waals surface area contributed by atoms with Crippen LogP contribution in [-0.2, 0) is 0 Å². The van der Waals surface area contributed by atoms with Crippen molar-refractivity contribution < 1.29 is 0 Å². The Bertz CT molecular complexity index is 339. The second kappa shape index (κ2) is 3.83. The summed E-state index contributed by atoms with van der Waals surface area (Å²) in [4.78, 5) is 0. The fourth-order valence-corrected chi connectivity index (χ4v) is 1.93. The van der Waals surface area contributed by atoms with Crippen molar-refractivity contribution in [3.8, 4) is 0 Å². The average molecular weight is 184 g/mol. The predicted octanol–water partition coefficient (Wildman–Crippen LogP) is 3.81. The van der Waals surface area contributed by atoms with E-state index < -0.39 is 0 Å². The molecule has 0 radical (unpaired) electrons. The van der Waals surface area contributed by atoms with Crippen molar-refractivity contribution in [3.05, 3.63) is 60.8 Å². The van der Waals surface area contributed by atoms with E-state index in [0.717, 1.165) is 18.3 Å². The Hall–Kier alpha value is -1.30. The van der Waals surface area contributed by atoms with E-state index in [0.29, 0.717) is 0 Å². The van der Waals surface area contributed by atoms with Gasteiger partial charge < -0.3 is 0 Å². The van der Waals surface area contributed by atoms with Crippen LogP contribution < -0.4 is 0 Å². The van der Waals surface area contributed by atoms with E-state index in [4.69, 9.17) is 0 Å². The van der Waals surface area contributed by atoms with Gasteiger partial charge in [0.05, 0.1) is 0 Å². The molecular weight excluding hydrogens is 168 g/mol. The van der Waals surface area contributed by atoms with Gasteiger partial charge in [0.15, 0.2) is 0 Å². The van der Waals surface area contributed by atoms with Gasteiger partial charge in [0, 0.05) is 0 Å². The average Bonchev–Trinajstić information content (AvgIpc) is 2.95. The number of allylic oxidation sites excluding steroid dienone is 8. The van der Waals surface area contributed by atoms with E-state index >= 15 is 0 Å². The van der Waals surface area contributed by atoms with E-state index in [1.807, 2.05) is 18.2 Å². The molecule has 2 aliphatic carbocycles. The lowest BCUT2D eigenvalue weighted by Crippen LogP contribution is -1.89. The van der Waals surface area contributed by atoms with E-state index in [1.165, 1.54) is 17.6 Å². The van der Waals surface area contributed by atoms with Crippen LogP contribution in [0.2, 0.25) is 0 Å². The first-order valence-corrected chi connectivity index (χ1v) is 5.16. The lowest BCUT2D eigenvalue weighted by molar-refractivity contribution is 0.949. The van der Waals surface area contributed by atoms with Gasteiger partial charge in [-0.05, 0) is 35.8 Å². The molecule has 0 aromatic heterocycles. The van der Waals surface area contributed by atoms with Gasteiger partial charge in [0.25, 0.3) is 0 Å². The number of rotatable bonds is 4. The normalized spacial score (nSPS) is 29.1. The lowest BCUT2D eigenvalue weighted by atomic mass is 9.99. The summed E-state index contributed by atoms with van der Waals surface area (Å²) in [6.45, 7) is 7.51. The third-order valence-corrected chi connectivity index (χ3v) is 2.88. The maximum Gasteiger partial charge on any atom is -0.00292 e. The molecule has 72 valence electrons. The third-order valence-electron chi connectivity index (χ3n) is 2.88. The van der Waals surface area contributed by atoms with Crippen LogP contribution in [0, 0.1) is 11.8 Å². The maximum atomic E-state index is 3.81. The molecule has 2 unspecified atom stereocenters. The topological polar surface area (TPSA) is 0 Å². The molecule has 0 aromatic carbocycles. The molecule has 0 bridgehead atoms. The highest BCUT2D eigenvalue weighted by atomic mass is 14.4. The molecule has 0 saturated heterocycles. The fourth-order valence-electron chi connectivity index (χ4n) is 1.93. The third kappa shape index (κ3) is 1.95. The van der Waals surface area contributed by atoms with E-state index in [1.54, 1.807) is 0 Å². The summed E-state index contributed by atoms with van der Waals surface area (Å²) in [7, 11) is 0. The van der Waals surface area contributed by atoms with E-state index in [9.17, 15) is 0 Å². The van der Waals surface area contributed by atoms with Crippen molar-refractivity contribution in [2.45, 2.75) is 12.8 Å². The Morgan fingerprint density at radius 1 is 1.43 bits per heavy atom. The fraction of sp³-hybridized carbons (Fsp3) is 0.286. The standard InChI is InChI=1S/C14H16/c1-3-5-11(4-2)8-12-6-7-13-10-14(13)9-12/h3-7,9,13-14H,1-2,8,10H2/b11-5+. The number of hydrogen-bond donors (Lipinski definition) is 0. The van der Waals surface area contributed by atoms with Crippen molar-refractivity contribution in [1.29, 1.82) is 0 Å². The molecule has 2 atom stereocenters. The highest BCUT2D eigenvalue weighted by molar-refractivity contribution is 5.37. The highest BCUT2D eigenvalue weighted by Crippen LogP contribution is 2.44. The Kier molecular flexibility index (Phi) is 2.53. The summed E-state index contributed by atoms with van der Waals surface area (Å²) in [5, 5.41) is 0. The first kappa shape index (κ1) is 9.26. The van der Waals surface area contributed by atoms with Gasteiger partial charge in [-0.1, -0.05) is 49.6 Å².